The van der Waals surface area contributed by atoms with E-state index in [2.05, 4.69) is 29.7 Å². The molecule has 1 amide bonds. The minimum Gasteiger partial charge on any atom is -0.328 e. The van der Waals surface area contributed by atoms with Gasteiger partial charge in [-0.25, -0.2) is 4.98 Å². The predicted octanol–water partition coefficient (Wildman–Crippen LogP) is 5.40. The van der Waals surface area contributed by atoms with Gasteiger partial charge in [0.1, 0.15) is 5.82 Å². The third-order valence-electron chi connectivity index (χ3n) is 5.30. The van der Waals surface area contributed by atoms with Crippen molar-refractivity contribution in [1.82, 2.24) is 9.55 Å². The minimum atomic E-state index is 0.0859. The van der Waals surface area contributed by atoms with Crippen LogP contribution in [0.5, 0.6) is 0 Å². The van der Waals surface area contributed by atoms with Crippen molar-refractivity contribution in [2.24, 2.45) is 0 Å². The number of benzene rings is 2. The standard InChI is InChI=1S/C22H24ClN3O/c1-2-3-8-13-25-20-12-7-5-10-18(20)24-22(25)16-14-21(27)26(15-16)19-11-6-4-9-17(19)23/h4-7,9-12,16H,2-3,8,13-15H2,1H3/t16-/m1/s1. The van der Waals surface area contributed by atoms with E-state index in [4.69, 9.17) is 16.6 Å². The van der Waals surface area contributed by atoms with Crippen LogP contribution in [0.3, 0.4) is 0 Å². The van der Waals surface area contributed by atoms with Crippen LogP contribution in [0.15, 0.2) is 48.5 Å². The number of rotatable bonds is 6. The molecule has 1 aromatic heterocycles. The Morgan fingerprint density at radius 1 is 1.11 bits per heavy atom. The van der Waals surface area contributed by atoms with Gasteiger partial charge in [0.15, 0.2) is 0 Å². The van der Waals surface area contributed by atoms with Gasteiger partial charge in [0.25, 0.3) is 0 Å². The Hall–Kier alpha value is -2.33. The Kier molecular flexibility index (Phi) is 5.17. The maximum absolute atomic E-state index is 12.7. The van der Waals surface area contributed by atoms with E-state index in [9.17, 15) is 4.79 Å². The first-order valence-corrected chi connectivity index (χ1v) is 10.1. The van der Waals surface area contributed by atoms with Crippen molar-refractivity contribution in [3.05, 3.63) is 59.4 Å². The largest absolute Gasteiger partial charge is 0.328 e. The average molecular weight is 382 g/mol. The van der Waals surface area contributed by atoms with E-state index >= 15 is 0 Å². The molecule has 1 fully saturated rings. The maximum Gasteiger partial charge on any atom is 0.227 e. The van der Waals surface area contributed by atoms with Crippen molar-refractivity contribution in [2.75, 3.05) is 11.4 Å². The summed E-state index contributed by atoms with van der Waals surface area (Å²) in [6.45, 7) is 3.78. The van der Waals surface area contributed by atoms with E-state index < -0.39 is 0 Å². The number of hydrogen-bond acceptors (Lipinski definition) is 2. The second-order valence-electron chi connectivity index (χ2n) is 7.17. The summed E-state index contributed by atoms with van der Waals surface area (Å²) in [5.74, 6) is 1.22. The Balaban J connectivity index is 1.67. The fourth-order valence-electron chi connectivity index (χ4n) is 3.94. The minimum absolute atomic E-state index is 0.0859. The molecule has 1 aliphatic rings. The van der Waals surface area contributed by atoms with Crippen molar-refractivity contribution in [2.45, 2.75) is 45.1 Å². The van der Waals surface area contributed by atoms with Crippen molar-refractivity contribution in [3.8, 4) is 0 Å². The molecule has 0 N–H and O–H groups in total. The molecule has 0 saturated carbocycles. The average Bonchev–Trinajstić information content (AvgIpc) is 3.23. The Morgan fingerprint density at radius 2 is 1.89 bits per heavy atom. The molecule has 2 heterocycles. The molecule has 3 aromatic rings. The molecule has 0 aliphatic carbocycles. The molecule has 1 aliphatic heterocycles. The molecule has 27 heavy (non-hydrogen) atoms. The highest BCUT2D eigenvalue weighted by Crippen LogP contribution is 2.36. The zero-order chi connectivity index (χ0) is 18.8. The molecule has 0 unspecified atom stereocenters. The first-order chi connectivity index (χ1) is 13.2. The van der Waals surface area contributed by atoms with Crippen LogP contribution >= 0.6 is 11.6 Å². The SMILES string of the molecule is CCCCCn1c([C@@H]2CC(=O)N(c3ccccc3Cl)C2)nc2ccccc21. The van der Waals surface area contributed by atoms with Crippen LogP contribution in [-0.4, -0.2) is 22.0 Å². The van der Waals surface area contributed by atoms with Crippen LogP contribution in [0, 0.1) is 0 Å². The number of amides is 1. The summed E-state index contributed by atoms with van der Waals surface area (Å²) in [5.41, 5.74) is 2.96. The first-order valence-electron chi connectivity index (χ1n) is 9.69. The quantitative estimate of drug-likeness (QED) is 0.536. The van der Waals surface area contributed by atoms with Gasteiger partial charge < -0.3 is 9.47 Å². The zero-order valence-corrected chi connectivity index (χ0v) is 16.3. The Labute approximate surface area is 164 Å². The third-order valence-corrected chi connectivity index (χ3v) is 5.62. The number of halogens is 1. The van der Waals surface area contributed by atoms with E-state index in [1.54, 1.807) is 0 Å². The lowest BCUT2D eigenvalue weighted by atomic mass is 10.1. The van der Waals surface area contributed by atoms with E-state index in [1.165, 1.54) is 12.8 Å². The molecule has 0 bridgehead atoms. The topological polar surface area (TPSA) is 38.1 Å². The summed E-state index contributed by atoms with van der Waals surface area (Å²) >= 11 is 6.33. The van der Waals surface area contributed by atoms with Crippen LogP contribution in [0.1, 0.15) is 44.3 Å². The first kappa shape index (κ1) is 18.1. The number of anilines is 1. The molecule has 0 spiro atoms. The van der Waals surface area contributed by atoms with Crippen LogP contribution in [0.4, 0.5) is 5.69 Å². The number of carbonyl (C=O) groups excluding carboxylic acids is 1. The van der Waals surface area contributed by atoms with E-state index in [0.717, 1.165) is 35.5 Å². The van der Waals surface area contributed by atoms with Crippen LogP contribution in [0.2, 0.25) is 5.02 Å². The van der Waals surface area contributed by atoms with Gasteiger partial charge in [0, 0.05) is 25.4 Å². The number of aryl methyl sites for hydroxylation is 1. The highest BCUT2D eigenvalue weighted by Gasteiger charge is 2.35. The number of para-hydroxylation sites is 3. The Morgan fingerprint density at radius 3 is 2.70 bits per heavy atom. The summed E-state index contributed by atoms with van der Waals surface area (Å²) in [6.07, 6.45) is 3.98. The molecule has 1 saturated heterocycles. The lowest BCUT2D eigenvalue weighted by Gasteiger charge is -2.18. The van der Waals surface area contributed by atoms with Gasteiger partial charge in [-0.2, -0.15) is 0 Å². The van der Waals surface area contributed by atoms with Gasteiger partial charge in [0.05, 0.1) is 21.7 Å². The summed E-state index contributed by atoms with van der Waals surface area (Å²) in [7, 11) is 0. The van der Waals surface area contributed by atoms with Crippen molar-refractivity contribution < 1.29 is 4.79 Å². The van der Waals surface area contributed by atoms with Gasteiger partial charge in [-0.1, -0.05) is 55.6 Å². The van der Waals surface area contributed by atoms with Gasteiger partial charge in [-0.15, -0.1) is 0 Å². The molecule has 5 heteroatoms. The molecule has 0 radical (unpaired) electrons. The monoisotopic (exact) mass is 381 g/mol. The van der Waals surface area contributed by atoms with Gasteiger partial charge >= 0.3 is 0 Å². The molecule has 140 valence electrons. The molecule has 4 nitrogen and oxygen atoms in total. The van der Waals surface area contributed by atoms with E-state index in [1.807, 2.05) is 35.2 Å². The zero-order valence-electron chi connectivity index (χ0n) is 15.6. The van der Waals surface area contributed by atoms with Crippen molar-refractivity contribution in [3.63, 3.8) is 0 Å². The highest BCUT2D eigenvalue weighted by atomic mass is 35.5. The number of carbonyl (C=O) groups is 1. The van der Waals surface area contributed by atoms with Crippen LogP contribution < -0.4 is 4.90 Å². The predicted molar refractivity (Wildman–Crippen MR) is 110 cm³/mol. The van der Waals surface area contributed by atoms with Crippen molar-refractivity contribution >= 4 is 34.2 Å². The summed E-state index contributed by atoms with van der Waals surface area (Å²) in [4.78, 5) is 19.4. The fourth-order valence-corrected chi connectivity index (χ4v) is 4.18. The summed E-state index contributed by atoms with van der Waals surface area (Å²) in [5, 5.41) is 0.614. The number of imidazole rings is 1. The van der Waals surface area contributed by atoms with E-state index in [-0.39, 0.29) is 11.8 Å². The normalized spacial score (nSPS) is 17.2. The summed E-state index contributed by atoms with van der Waals surface area (Å²) in [6, 6.07) is 15.8. The maximum atomic E-state index is 12.7. The smallest absolute Gasteiger partial charge is 0.227 e. The second-order valence-corrected chi connectivity index (χ2v) is 7.58. The third kappa shape index (κ3) is 3.46. The van der Waals surface area contributed by atoms with E-state index in [0.29, 0.717) is 18.0 Å². The highest BCUT2D eigenvalue weighted by molar-refractivity contribution is 6.33. The fraction of sp³-hybridized carbons (Fsp3) is 0.364. The summed E-state index contributed by atoms with van der Waals surface area (Å²) < 4.78 is 2.32. The Bertz CT molecular complexity index is 965. The number of hydrogen-bond donors (Lipinski definition) is 0. The molecule has 2 aromatic carbocycles. The van der Waals surface area contributed by atoms with Gasteiger partial charge in [-0.05, 0) is 30.7 Å². The molecule has 4 rings (SSSR count). The number of unbranched alkanes of at least 4 members (excludes halogenated alkanes) is 2. The van der Waals surface area contributed by atoms with Crippen LogP contribution in [-0.2, 0) is 11.3 Å². The van der Waals surface area contributed by atoms with Crippen LogP contribution in [0.25, 0.3) is 11.0 Å². The second kappa shape index (κ2) is 7.73. The lowest BCUT2D eigenvalue weighted by molar-refractivity contribution is -0.117. The molecular formula is C22H24ClN3O. The molecule has 1 atom stereocenters. The number of fused-ring (bicyclic) bond motifs is 1. The number of aromatic nitrogens is 2. The van der Waals surface area contributed by atoms with Gasteiger partial charge in [-0.3, -0.25) is 4.79 Å². The lowest BCUT2D eigenvalue weighted by Crippen LogP contribution is -2.24. The number of nitrogens with zero attached hydrogens (tertiary/aromatic N) is 3. The van der Waals surface area contributed by atoms with Gasteiger partial charge in [0.2, 0.25) is 5.91 Å². The van der Waals surface area contributed by atoms with Crippen molar-refractivity contribution in [1.29, 1.82) is 0 Å². The molecular weight excluding hydrogens is 358 g/mol.